The normalized spacial score (nSPS) is 12.3. The SMILES string of the molecule is COc1cc(Cl)ccc1OCc1cc(C(=O)N[C@@H](c2cccnc2)C(F)(F)F)no1. The highest BCUT2D eigenvalue weighted by atomic mass is 35.5. The van der Waals surface area contributed by atoms with Crippen molar-refractivity contribution < 1.29 is 32.0 Å². The van der Waals surface area contributed by atoms with Gasteiger partial charge in [-0.3, -0.25) is 9.78 Å². The van der Waals surface area contributed by atoms with Crippen LogP contribution in [0, 0.1) is 0 Å². The van der Waals surface area contributed by atoms with Gasteiger partial charge in [-0.2, -0.15) is 13.2 Å². The van der Waals surface area contributed by atoms with Gasteiger partial charge < -0.3 is 19.3 Å². The van der Waals surface area contributed by atoms with Crippen molar-refractivity contribution in [3.63, 3.8) is 0 Å². The van der Waals surface area contributed by atoms with Crippen LogP contribution >= 0.6 is 11.6 Å². The average molecular weight is 442 g/mol. The first kappa shape index (κ1) is 21.4. The molecule has 0 spiro atoms. The molecule has 1 aromatic carbocycles. The number of carbonyl (C=O) groups is 1. The summed E-state index contributed by atoms with van der Waals surface area (Å²) >= 11 is 5.88. The molecule has 0 unspecified atom stereocenters. The molecule has 2 heterocycles. The third-order valence-electron chi connectivity index (χ3n) is 3.91. The van der Waals surface area contributed by atoms with E-state index >= 15 is 0 Å². The molecule has 0 aliphatic heterocycles. The molecule has 0 radical (unpaired) electrons. The van der Waals surface area contributed by atoms with Crippen LogP contribution in [0.15, 0.2) is 53.3 Å². The molecule has 30 heavy (non-hydrogen) atoms. The van der Waals surface area contributed by atoms with E-state index in [1.54, 1.807) is 18.2 Å². The summed E-state index contributed by atoms with van der Waals surface area (Å²) < 4.78 is 55.8. The Bertz CT molecular complexity index is 1010. The first-order chi connectivity index (χ1) is 14.3. The van der Waals surface area contributed by atoms with Crippen LogP contribution in [0.4, 0.5) is 13.2 Å². The fourth-order valence-corrected chi connectivity index (χ4v) is 2.67. The van der Waals surface area contributed by atoms with E-state index in [1.165, 1.54) is 31.5 Å². The molecule has 0 aliphatic carbocycles. The molecule has 0 fully saturated rings. The molecule has 0 saturated heterocycles. The summed E-state index contributed by atoms with van der Waals surface area (Å²) in [5, 5.41) is 5.86. The summed E-state index contributed by atoms with van der Waals surface area (Å²) in [6, 6.07) is 6.22. The molecule has 1 atom stereocenters. The zero-order valence-electron chi connectivity index (χ0n) is 15.4. The lowest BCUT2D eigenvalue weighted by Crippen LogP contribution is -2.38. The van der Waals surface area contributed by atoms with E-state index in [-0.39, 0.29) is 23.6 Å². The lowest BCUT2D eigenvalue weighted by Gasteiger charge is -2.21. The number of halogens is 4. The molecular formula is C19H15ClF3N3O4. The Hall–Kier alpha value is -3.27. The van der Waals surface area contributed by atoms with E-state index < -0.39 is 18.1 Å². The zero-order valence-corrected chi connectivity index (χ0v) is 16.2. The number of methoxy groups -OCH3 is 1. The molecule has 1 N–H and O–H groups in total. The van der Waals surface area contributed by atoms with Gasteiger partial charge in [-0.1, -0.05) is 22.8 Å². The van der Waals surface area contributed by atoms with Gasteiger partial charge in [-0.25, -0.2) is 0 Å². The third-order valence-corrected chi connectivity index (χ3v) is 4.14. The number of pyridine rings is 1. The molecular weight excluding hydrogens is 427 g/mol. The van der Waals surface area contributed by atoms with E-state index in [2.05, 4.69) is 10.1 Å². The minimum Gasteiger partial charge on any atom is -0.493 e. The highest BCUT2D eigenvalue weighted by Gasteiger charge is 2.42. The quantitative estimate of drug-likeness (QED) is 0.587. The Balaban J connectivity index is 1.68. The first-order valence-corrected chi connectivity index (χ1v) is 8.85. The highest BCUT2D eigenvalue weighted by molar-refractivity contribution is 6.30. The second kappa shape index (κ2) is 9.04. The van der Waals surface area contributed by atoms with Crippen molar-refractivity contribution in [1.82, 2.24) is 15.5 Å². The maximum Gasteiger partial charge on any atom is 0.412 e. The molecule has 3 rings (SSSR count). The Kier molecular flexibility index (Phi) is 6.46. The number of nitrogens with zero attached hydrogens (tertiary/aromatic N) is 2. The summed E-state index contributed by atoms with van der Waals surface area (Å²) in [4.78, 5) is 15.9. The second-order valence-electron chi connectivity index (χ2n) is 6.00. The zero-order chi connectivity index (χ0) is 21.7. The molecule has 0 bridgehead atoms. The van der Waals surface area contributed by atoms with Gasteiger partial charge in [0.25, 0.3) is 5.91 Å². The minimum absolute atomic E-state index is 0.127. The highest BCUT2D eigenvalue weighted by Crippen LogP contribution is 2.33. The number of amides is 1. The molecule has 158 valence electrons. The standard InChI is InChI=1S/C19H15ClF3N3O4/c1-28-16-7-12(20)4-5-15(16)29-10-13-8-14(26-30-13)18(27)25-17(19(21,22)23)11-3-2-6-24-9-11/h2-9,17H,10H2,1H3,(H,25,27)/t17-/m0/s1. The van der Waals surface area contributed by atoms with Crippen LogP contribution in [0.25, 0.3) is 0 Å². The van der Waals surface area contributed by atoms with Crippen molar-refractivity contribution in [1.29, 1.82) is 0 Å². The van der Waals surface area contributed by atoms with Crippen molar-refractivity contribution in [3.8, 4) is 11.5 Å². The van der Waals surface area contributed by atoms with Crippen molar-refractivity contribution in [2.75, 3.05) is 7.11 Å². The number of ether oxygens (including phenoxy) is 2. The Morgan fingerprint density at radius 1 is 1.27 bits per heavy atom. The third kappa shape index (κ3) is 5.20. The van der Waals surface area contributed by atoms with E-state index in [0.29, 0.717) is 16.5 Å². The Labute approximate surface area is 173 Å². The molecule has 11 heteroatoms. The summed E-state index contributed by atoms with van der Waals surface area (Å²) in [5.74, 6) is -0.190. The molecule has 3 aromatic rings. The van der Waals surface area contributed by atoms with Gasteiger partial charge in [0, 0.05) is 35.1 Å². The summed E-state index contributed by atoms with van der Waals surface area (Å²) in [5.41, 5.74) is -0.532. The number of hydrogen-bond acceptors (Lipinski definition) is 6. The van der Waals surface area contributed by atoms with Crippen molar-refractivity contribution >= 4 is 17.5 Å². The fraction of sp³-hybridized carbons (Fsp3) is 0.211. The van der Waals surface area contributed by atoms with Crippen molar-refractivity contribution in [3.05, 3.63) is 70.8 Å². The summed E-state index contributed by atoms with van der Waals surface area (Å²) in [6.45, 7) is -0.135. The van der Waals surface area contributed by atoms with Crippen LogP contribution in [-0.4, -0.2) is 29.3 Å². The van der Waals surface area contributed by atoms with Crippen LogP contribution in [0.3, 0.4) is 0 Å². The molecule has 1 amide bonds. The van der Waals surface area contributed by atoms with Crippen LogP contribution in [-0.2, 0) is 6.61 Å². The number of rotatable bonds is 7. The van der Waals surface area contributed by atoms with Gasteiger partial charge in [0.1, 0.15) is 6.61 Å². The van der Waals surface area contributed by atoms with E-state index in [0.717, 1.165) is 6.20 Å². The van der Waals surface area contributed by atoms with Gasteiger partial charge in [-0.05, 0) is 18.2 Å². The van der Waals surface area contributed by atoms with Crippen molar-refractivity contribution in [2.45, 2.75) is 18.8 Å². The molecule has 0 saturated carbocycles. The molecule has 7 nitrogen and oxygen atoms in total. The maximum absolute atomic E-state index is 13.4. The second-order valence-corrected chi connectivity index (χ2v) is 6.43. The minimum atomic E-state index is -4.72. The van der Waals surface area contributed by atoms with Crippen molar-refractivity contribution in [2.24, 2.45) is 0 Å². The number of hydrogen-bond donors (Lipinski definition) is 1. The lowest BCUT2D eigenvalue weighted by atomic mass is 10.1. The predicted octanol–water partition coefficient (Wildman–Crippen LogP) is 4.34. The lowest BCUT2D eigenvalue weighted by molar-refractivity contribution is -0.155. The predicted molar refractivity (Wildman–Crippen MR) is 99.3 cm³/mol. The van der Waals surface area contributed by atoms with Crippen LogP contribution < -0.4 is 14.8 Å². The van der Waals surface area contributed by atoms with E-state index in [1.807, 2.05) is 5.32 Å². The summed E-state index contributed by atoms with van der Waals surface area (Å²) in [6.07, 6.45) is -2.36. The Morgan fingerprint density at radius 3 is 2.73 bits per heavy atom. The monoisotopic (exact) mass is 441 g/mol. The van der Waals surface area contributed by atoms with Crippen LogP contribution in [0.1, 0.15) is 27.9 Å². The number of benzene rings is 1. The molecule has 2 aromatic heterocycles. The smallest absolute Gasteiger partial charge is 0.412 e. The topological polar surface area (TPSA) is 86.5 Å². The number of nitrogens with one attached hydrogen (secondary N) is 1. The van der Waals surface area contributed by atoms with Gasteiger partial charge in [0.05, 0.1) is 7.11 Å². The fourth-order valence-electron chi connectivity index (χ4n) is 2.50. The average Bonchev–Trinajstić information content (AvgIpc) is 3.19. The Morgan fingerprint density at radius 2 is 2.07 bits per heavy atom. The van der Waals surface area contributed by atoms with Gasteiger partial charge in [-0.15, -0.1) is 0 Å². The summed E-state index contributed by atoms with van der Waals surface area (Å²) in [7, 11) is 1.44. The van der Waals surface area contributed by atoms with Crippen LogP contribution in [0.5, 0.6) is 11.5 Å². The van der Waals surface area contributed by atoms with Gasteiger partial charge in [0.2, 0.25) is 0 Å². The number of carbonyl (C=O) groups excluding carboxylic acids is 1. The largest absolute Gasteiger partial charge is 0.493 e. The number of alkyl halides is 3. The maximum atomic E-state index is 13.4. The van der Waals surface area contributed by atoms with Gasteiger partial charge in [0.15, 0.2) is 29.0 Å². The molecule has 0 aliphatic rings. The first-order valence-electron chi connectivity index (χ1n) is 8.47. The van der Waals surface area contributed by atoms with Gasteiger partial charge >= 0.3 is 6.18 Å². The van der Waals surface area contributed by atoms with E-state index in [4.69, 9.17) is 25.6 Å². The van der Waals surface area contributed by atoms with E-state index in [9.17, 15) is 18.0 Å². The van der Waals surface area contributed by atoms with Crippen LogP contribution in [0.2, 0.25) is 5.02 Å². The number of aromatic nitrogens is 2.